The van der Waals surface area contributed by atoms with Gasteiger partial charge in [-0.3, -0.25) is 10.1 Å². The van der Waals surface area contributed by atoms with Crippen LogP contribution in [-0.4, -0.2) is 40.1 Å². The standard InChI is InChI=1S/C30H30N4O6/c1-19(14-22-8-10-23(11-9-22)16-33-13-12-31-18-33)17-40-30(36)27-21(3)32-20(2)26(29(35)39-4)28(27)24-6-5-7-25(15-24)34(37)38/h5-15,18,28,32H,16-17H2,1-4H3/b19-14+. The van der Waals surface area contributed by atoms with E-state index in [1.807, 2.05) is 48.0 Å². The number of hydrogen-bond donors (Lipinski definition) is 1. The fraction of sp³-hybridized carbons (Fsp3) is 0.233. The Labute approximate surface area is 231 Å². The highest BCUT2D eigenvalue weighted by Crippen LogP contribution is 2.40. The predicted octanol–water partition coefficient (Wildman–Crippen LogP) is 4.89. The molecule has 1 atom stereocenters. The number of benzene rings is 2. The predicted molar refractivity (Wildman–Crippen MR) is 149 cm³/mol. The molecule has 0 amide bonds. The van der Waals surface area contributed by atoms with Crippen LogP contribution in [0.4, 0.5) is 5.69 Å². The normalized spacial score (nSPS) is 15.5. The maximum Gasteiger partial charge on any atom is 0.337 e. The first-order chi connectivity index (χ1) is 19.2. The number of ether oxygens (including phenoxy) is 2. The smallest absolute Gasteiger partial charge is 0.337 e. The summed E-state index contributed by atoms with van der Waals surface area (Å²) in [7, 11) is 1.24. The molecule has 0 radical (unpaired) electrons. The molecule has 1 aliphatic heterocycles. The summed E-state index contributed by atoms with van der Waals surface area (Å²) in [5.74, 6) is -2.20. The SMILES string of the molecule is COC(=O)C1=C(C)NC(C)=C(C(=O)OC/C(C)=C/c2ccc(Cn3ccnc3)cc2)C1c1cccc([N+](=O)[O-])c1. The zero-order valence-electron chi connectivity index (χ0n) is 22.7. The van der Waals surface area contributed by atoms with Gasteiger partial charge in [0.2, 0.25) is 0 Å². The summed E-state index contributed by atoms with van der Waals surface area (Å²) < 4.78 is 12.7. The van der Waals surface area contributed by atoms with Gasteiger partial charge in [-0.05, 0) is 43.0 Å². The van der Waals surface area contributed by atoms with Crippen LogP contribution in [0.15, 0.2) is 95.4 Å². The number of nitro groups is 1. The van der Waals surface area contributed by atoms with Crippen LogP contribution in [0, 0.1) is 10.1 Å². The maximum atomic E-state index is 13.5. The Balaban J connectivity index is 1.54. The minimum absolute atomic E-state index is 0.0182. The van der Waals surface area contributed by atoms with Crippen LogP contribution in [0.2, 0.25) is 0 Å². The molecule has 1 aliphatic rings. The summed E-state index contributed by atoms with van der Waals surface area (Å²) in [4.78, 5) is 41.2. The fourth-order valence-corrected chi connectivity index (χ4v) is 4.69. The van der Waals surface area contributed by atoms with Gasteiger partial charge in [-0.2, -0.15) is 0 Å². The number of aromatic nitrogens is 2. The highest BCUT2D eigenvalue weighted by molar-refractivity contribution is 6.00. The van der Waals surface area contributed by atoms with Crippen LogP contribution >= 0.6 is 0 Å². The lowest BCUT2D eigenvalue weighted by Crippen LogP contribution is -2.32. The molecule has 1 N–H and O–H groups in total. The highest BCUT2D eigenvalue weighted by Gasteiger charge is 2.38. The number of imidazole rings is 1. The second-order valence-electron chi connectivity index (χ2n) is 9.52. The van der Waals surface area contributed by atoms with Gasteiger partial charge in [0.15, 0.2) is 0 Å². The number of nitrogens with zero attached hydrogens (tertiary/aromatic N) is 3. The number of methoxy groups -OCH3 is 1. The zero-order valence-corrected chi connectivity index (χ0v) is 22.7. The summed E-state index contributed by atoms with van der Waals surface area (Å²) in [6.45, 7) is 5.98. The topological polar surface area (TPSA) is 126 Å². The van der Waals surface area contributed by atoms with Gasteiger partial charge < -0.3 is 19.4 Å². The van der Waals surface area contributed by atoms with Gasteiger partial charge in [0.05, 0.1) is 35.4 Å². The van der Waals surface area contributed by atoms with E-state index in [0.29, 0.717) is 17.0 Å². The van der Waals surface area contributed by atoms with E-state index >= 15 is 0 Å². The lowest BCUT2D eigenvalue weighted by atomic mass is 9.80. The van der Waals surface area contributed by atoms with E-state index in [1.165, 1.54) is 25.3 Å². The van der Waals surface area contributed by atoms with Crippen LogP contribution in [0.25, 0.3) is 6.08 Å². The van der Waals surface area contributed by atoms with Crippen LogP contribution < -0.4 is 5.32 Å². The number of dihydropyridines is 1. The van der Waals surface area contributed by atoms with Crippen molar-refractivity contribution >= 4 is 23.7 Å². The van der Waals surface area contributed by atoms with Gasteiger partial charge in [-0.15, -0.1) is 0 Å². The molecular weight excluding hydrogens is 512 g/mol. The number of nitrogens with one attached hydrogen (secondary N) is 1. The number of hydrogen-bond acceptors (Lipinski definition) is 8. The molecule has 2 aromatic carbocycles. The van der Waals surface area contributed by atoms with Crippen molar-refractivity contribution in [2.45, 2.75) is 33.2 Å². The molecule has 0 aliphatic carbocycles. The third kappa shape index (κ3) is 6.35. The van der Waals surface area contributed by atoms with Crippen LogP contribution in [0.5, 0.6) is 0 Å². The molecular formula is C30H30N4O6. The first-order valence-electron chi connectivity index (χ1n) is 12.6. The molecule has 3 aromatic rings. The number of esters is 2. The molecule has 0 bridgehead atoms. The maximum absolute atomic E-state index is 13.5. The number of carbonyl (C=O) groups excluding carboxylic acids is 2. The summed E-state index contributed by atoms with van der Waals surface area (Å²) in [6.07, 6.45) is 7.33. The Morgan fingerprint density at radius 1 is 1.10 bits per heavy atom. The average Bonchev–Trinajstić information content (AvgIpc) is 3.45. The molecule has 0 spiro atoms. The lowest BCUT2D eigenvalue weighted by molar-refractivity contribution is -0.384. The first kappa shape index (κ1) is 28.0. The summed E-state index contributed by atoms with van der Waals surface area (Å²) in [6, 6.07) is 13.9. The van der Waals surface area contributed by atoms with Crippen molar-refractivity contribution < 1.29 is 24.0 Å². The Bertz CT molecular complexity index is 1520. The number of allylic oxidation sites excluding steroid dienone is 2. The number of rotatable bonds is 9. The van der Waals surface area contributed by atoms with E-state index in [1.54, 1.807) is 32.4 Å². The number of nitro benzene ring substituents is 1. The third-order valence-electron chi connectivity index (χ3n) is 6.55. The largest absolute Gasteiger partial charge is 0.466 e. The van der Waals surface area contributed by atoms with Crippen molar-refractivity contribution in [3.05, 3.63) is 122 Å². The fourth-order valence-electron chi connectivity index (χ4n) is 4.69. The first-order valence-corrected chi connectivity index (χ1v) is 12.6. The van der Waals surface area contributed by atoms with Crippen LogP contribution in [0.1, 0.15) is 43.4 Å². The molecule has 4 rings (SSSR count). The van der Waals surface area contributed by atoms with Gasteiger partial charge in [0.1, 0.15) is 6.61 Å². The van der Waals surface area contributed by atoms with Crippen molar-refractivity contribution in [3.8, 4) is 0 Å². The van der Waals surface area contributed by atoms with E-state index in [2.05, 4.69) is 10.3 Å². The summed E-state index contributed by atoms with van der Waals surface area (Å²) in [5, 5.41) is 14.5. The number of non-ortho nitro benzene ring substituents is 1. The van der Waals surface area contributed by atoms with E-state index in [4.69, 9.17) is 9.47 Å². The van der Waals surface area contributed by atoms with Gasteiger partial charge in [0.25, 0.3) is 5.69 Å². The van der Waals surface area contributed by atoms with E-state index < -0.39 is 22.8 Å². The molecule has 0 saturated carbocycles. The minimum atomic E-state index is -0.909. The minimum Gasteiger partial charge on any atom is -0.466 e. The lowest BCUT2D eigenvalue weighted by Gasteiger charge is -2.30. The monoisotopic (exact) mass is 542 g/mol. The van der Waals surface area contributed by atoms with Crippen molar-refractivity contribution in [3.63, 3.8) is 0 Å². The summed E-state index contributed by atoms with van der Waals surface area (Å²) >= 11 is 0. The Hall–Kier alpha value is -4.99. The highest BCUT2D eigenvalue weighted by atomic mass is 16.6. The third-order valence-corrected chi connectivity index (χ3v) is 6.55. The Kier molecular flexibility index (Phi) is 8.58. The van der Waals surface area contributed by atoms with Gasteiger partial charge in [-0.1, -0.05) is 42.5 Å². The Morgan fingerprint density at radius 2 is 1.80 bits per heavy atom. The van der Waals surface area contributed by atoms with Crippen molar-refractivity contribution in [2.75, 3.05) is 13.7 Å². The van der Waals surface area contributed by atoms with E-state index in [0.717, 1.165) is 23.2 Å². The average molecular weight is 543 g/mol. The molecule has 0 fully saturated rings. The van der Waals surface area contributed by atoms with E-state index in [9.17, 15) is 19.7 Å². The second-order valence-corrected chi connectivity index (χ2v) is 9.52. The van der Waals surface area contributed by atoms with Gasteiger partial charge in [-0.25, -0.2) is 14.6 Å². The van der Waals surface area contributed by atoms with E-state index in [-0.39, 0.29) is 23.4 Å². The van der Waals surface area contributed by atoms with Crippen molar-refractivity contribution in [2.24, 2.45) is 0 Å². The van der Waals surface area contributed by atoms with Gasteiger partial charge in [0, 0.05) is 42.5 Å². The number of carbonyl (C=O) groups is 2. The molecule has 0 saturated heterocycles. The second kappa shape index (κ2) is 12.2. The molecule has 206 valence electrons. The zero-order chi connectivity index (χ0) is 28.8. The summed E-state index contributed by atoms with van der Waals surface area (Å²) in [5.41, 5.74) is 4.49. The van der Waals surface area contributed by atoms with Gasteiger partial charge >= 0.3 is 11.9 Å². The Morgan fingerprint density at radius 3 is 2.42 bits per heavy atom. The van der Waals surface area contributed by atoms with Crippen LogP contribution in [0.3, 0.4) is 0 Å². The molecule has 10 heteroatoms. The molecule has 40 heavy (non-hydrogen) atoms. The molecule has 10 nitrogen and oxygen atoms in total. The molecule has 1 unspecified atom stereocenters. The molecule has 2 heterocycles. The van der Waals surface area contributed by atoms with Crippen molar-refractivity contribution in [1.82, 2.24) is 14.9 Å². The quantitative estimate of drug-likeness (QED) is 0.230. The van der Waals surface area contributed by atoms with Crippen molar-refractivity contribution in [1.29, 1.82) is 0 Å². The van der Waals surface area contributed by atoms with Crippen LogP contribution in [-0.2, 0) is 25.6 Å². The molecule has 1 aromatic heterocycles.